The first kappa shape index (κ1) is 17.5. The van der Waals surface area contributed by atoms with E-state index in [1.54, 1.807) is 17.7 Å². The Bertz CT molecular complexity index is 937. The second-order valence-corrected chi connectivity index (χ2v) is 8.75. The van der Waals surface area contributed by atoms with Crippen molar-refractivity contribution in [1.82, 2.24) is 9.97 Å². The minimum Gasteiger partial charge on any atom is -0.309 e. The number of thiophene rings is 1. The molecule has 0 fully saturated rings. The van der Waals surface area contributed by atoms with Crippen molar-refractivity contribution in [3.63, 3.8) is 0 Å². The van der Waals surface area contributed by atoms with Crippen LogP contribution < -0.4 is 4.90 Å². The number of fused-ring (bicyclic) bond motifs is 3. The molecule has 0 saturated carbocycles. The summed E-state index contributed by atoms with van der Waals surface area (Å²) in [5, 5.41) is 2.12. The van der Waals surface area contributed by atoms with E-state index in [0.717, 1.165) is 28.4 Å². The Morgan fingerprint density at radius 2 is 2.04 bits per heavy atom. The first-order valence-corrected chi connectivity index (χ1v) is 10.7. The lowest BCUT2D eigenvalue weighted by Crippen LogP contribution is -2.38. The zero-order valence-corrected chi connectivity index (χ0v) is 16.6. The van der Waals surface area contributed by atoms with Gasteiger partial charge in [0.15, 0.2) is 0 Å². The fourth-order valence-corrected chi connectivity index (χ4v) is 5.71. The summed E-state index contributed by atoms with van der Waals surface area (Å²) < 4.78 is 0. The lowest BCUT2D eigenvalue weighted by atomic mass is 10.2. The van der Waals surface area contributed by atoms with E-state index in [-0.39, 0.29) is 11.9 Å². The van der Waals surface area contributed by atoms with Crippen LogP contribution in [-0.2, 0) is 17.6 Å². The molecule has 1 aromatic carbocycles. The summed E-state index contributed by atoms with van der Waals surface area (Å²) in [6.07, 6.45) is 5.09. The van der Waals surface area contributed by atoms with E-state index in [0.29, 0.717) is 5.75 Å². The van der Waals surface area contributed by atoms with Crippen molar-refractivity contribution in [3.05, 3.63) is 47.1 Å². The normalized spacial score (nSPS) is 13.3. The molecule has 2 aromatic heterocycles. The molecule has 2 heterocycles. The molecule has 6 heteroatoms. The number of hydrogen-bond donors (Lipinski definition) is 0. The van der Waals surface area contributed by atoms with Crippen molar-refractivity contribution in [2.24, 2.45) is 0 Å². The number of aromatic nitrogens is 2. The van der Waals surface area contributed by atoms with E-state index in [1.807, 2.05) is 49.1 Å². The summed E-state index contributed by atoms with van der Waals surface area (Å²) in [5.41, 5.74) is 2.35. The average molecular weight is 384 g/mol. The number of thioether (sulfide) groups is 1. The van der Waals surface area contributed by atoms with Crippen LogP contribution in [0.2, 0.25) is 0 Å². The minimum atomic E-state index is 0.106. The smallest absolute Gasteiger partial charge is 0.237 e. The summed E-state index contributed by atoms with van der Waals surface area (Å²) in [6.45, 7) is 4.09. The molecule has 4 rings (SSSR count). The van der Waals surface area contributed by atoms with Gasteiger partial charge in [-0.15, -0.1) is 11.3 Å². The van der Waals surface area contributed by atoms with Gasteiger partial charge in [0, 0.05) is 22.0 Å². The molecule has 0 bridgehead atoms. The topological polar surface area (TPSA) is 46.1 Å². The first-order valence-electron chi connectivity index (χ1n) is 8.90. The predicted octanol–water partition coefficient (Wildman–Crippen LogP) is 4.71. The van der Waals surface area contributed by atoms with Crippen LogP contribution in [0, 0.1) is 0 Å². The third-order valence-electron chi connectivity index (χ3n) is 4.62. The summed E-state index contributed by atoms with van der Waals surface area (Å²) in [5.74, 6) is 0.485. The van der Waals surface area contributed by atoms with Gasteiger partial charge in [-0.2, -0.15) is 0 Å². The molecule has 0 aliphatic heterocycles. The molecule has 1 aliphatic rings. The van der Waals surface area contributed by atoms with Crippen LogP contribution in [0.25, 0.3) is 10.2 Å². The molecule has 0 N–H and O–H groups in total. The van der Waals surface area contributed by atoms with Crippen LogP contribution in [0.3, 0.4) is 0 Å². The zero-order valence-electron chi connectivity index (χ0n) is 14.9. The highest BCUT2D eigenvalue weighted by molar-refractivity contribution is 8.00. The van der Waals surface area contributed by atoms with Gasteiger partial charge in [0.25, 0.3) is 0 Å². The minimum absolute atomic E-state index is 0.106. The fraction of sp³-hybridized carbons (Fsp3) is 0.350. The van der Waals surface area contributed by atoms with Gasteiger partial charge in [0.1, 0.15) is 16.2 Å². The third-order valence-corrected chi connectivity index (χ3v) is 6.79. The Labute approximate surface area is 161 Å². The van der Waals surface area contributed by atoms with Crippen LogP contribution in [0.4, 0.5) is 5.69 Å². The number of hydrogen-bond acceptors (Lipinski definition) is 5. The van der Waals surface area contributed by atoms with Crippen molar-refractivity contribution < 1.29 is 4.79 Å². The molecule has 1 aliphatic carbocycles. The summed E-state index contributed by atoms with van der Waals surface area (Å²) in [4.78, 5) is 26.2. The van der Waals surface area contributed by atoms with Crippen molar-refractivity contribution >= 4 is 44.9 Å². The second kappa shape index (κ2) is 7.37. The summed E-state index contributed by atoms with van der Waals surface area (Å²) in [7, 11) is 0. The molecular weight excluding hydrogens is 362 g/mol. The predicted molar refractivity (Wildman–Crippen MR) is 109 cm³/mol. The molecule has 0 unspecified atom stereocenters. The number of benzene rings is 1. The molecule has 0 atom stereocenters. The van der Waals surface area contributed by atoms with Gasteiger partial charge < -0.3 is 4.90 Å². The molecule has 0 radical (unpaired) electrons. The largest absolute Gasteiger partial charge is 0.309 e. The van der Waals surface area contributed by atoms with Crippen molar-refractivity contribution in [2.75, 3.05) is 10.7 Å². The van der Waals surface area contributed by atoms with Gasteiger partial charge in [0.2, 0.25) is 5.91 Å². The Morgan fingerprint density at radius 1 is 1.23 bits per heavy atom. The van der Waals surface area contributed by atoms with E-state index >= 15 is 0 Å². The van der Waals surface area contributed by atoms with E-state index in [2.05, 4.69) is 9.97 Å². The summed E-state index contributed by atoms with van der Waals surface area (Å²) in [6, 6.07) is 9.98. The molecule has 3 aromatic rings. The highest BCUT2D eigenvalue weighted by atomic mass is 32.2. The van der Waals surface area contributed by atoms with Gasteiger partial charge in [0.05, 0.1) is 5.75 Å². The second-order valence-electron chi connectivity index (χ2n) is 6.70. The van der Waals surface area contributed by atoms with E-state index in [9.17, 15) is 4.79 Å². The lowest BCUT2D eigenvalue weighted by molar-refractivity contribution is -0.116. The Balaban J connectivity index is 1.57. The third kappa shape index (κ3) is 3.23. The lowest BCUT2D eigenvalue weighted by Gasteiger charge is -2.26. The average Bonchev–Trinajstić information content (AvgIpc) is 3.21. The monoisotopic (exact) mass is 383 g/mol. The van der Waals surface area contributed by atoms with Gasteiger partial charge in [-0.1, -0.05) is 30.0 Å². The van der Waals surface area contributed by atoms with Crippen LogP contribution in [0.1, 0.15) is 30.7 Å². The number of amides is 1. The fourth-order valence-electron chi connectivity index (χ4n) is 3.53. The molecule has 0 spiro atoms. The van der Waals surface area contributed by atoms with Crippen LogP contribution in [-0.4, -0.2) is 27.7 Å². The molecular formula is C20H21N3OS2. The van der Waals surface area contributed by atoms with Crippen molar-refractivity contribution in [1.29, 1.82) is 0 Å². The molecule has 4 nitrogen and oxygen atoms in total. The number of rotatable bonds is 5. The highest BCUT2D eigenvalue weighted by Crippen LogP contribution is 2.40. The number of carbonyl (C=O) groups is 1. The van der Waals surface area contributed by atoms with Gasteiger partial charge >= 0.3 is 0 Å². The Hall–Kier alpha value is -1.92. The SMILES string of the molecule is CC(C)N(C(=O)CSc1ncnc2sc3c(c12)CCC3)c1ccccc1. The Kier molecular flexibility index (Phi) is 4.96. The molecule has 0 saturated heterocycles. The standard InChI is InChI=1S/C20H21N3OS2/c1-13(2)23(14-7-4-3-5-8-14)17(24)11-25-19-18-15-9-6-10-16(15)26-20(18)22-12-21-19/h3-5,7-8,12-13H,6,9-11H2,1-2H3. The van der Waals surface area contributed by atoms with Crippen molar-refractivity contribution in [3.8, 4) is 0 Å². The van der Waals surface area contributed by atoms with E-state index < -0.39 is 0 Å². The van der Waals surface area contributed by atoms with Crippen LogP contribution in [0.15, 0.2) is 41.7 Å². The van der Waals surface area contributed by atoms with E-state index in [4.69, 9.17) is 0 Å². The summed E-state index contributed by atoms with van der Waals surface area (Å²) >= 11 is 3.32. The van der Waals surface area contributed by atoms with Gasteiger partial charge in [-0.05, 0) is 50.8 Å². The van der Waals surface area contributed by atoms with Crippen LogP contribution >= 0.6 is 23.1 Å². The maximum absolute atomic E-state index is 12.9. The number of carbonyl (C=O) groups excluding carboxylic acids is 1. The van der Waals surface area contributed by atoms with Gasteiger partial charge in [-0.25, -0.2) is 9.97 Å². The van der Waals surface area contributed by atoms with Gasteiger partial charge in [-0.3, -0.25) is 4.79 Å². The Morgan fingerprint density at radius 3 is 2.81 bits per heavy atom. The number of anilines is 1. The first-order chi connectivity index (χ1) is 12.6. The molecule has 26 heavy (non-hydrogen) atoms. The highest BCUT2D eigenvalue weighted by Gasteiger charge is 2.23. The maximum atomic E-state index is 12.9. The van der Waals surface area contributed by atoms with E-state index in [1.165, 1.54) is 34.0 Å². The maximum Gasteiger partial charge on any atom is 0.237 e. The molecule has 134 valence electrons. The number of aryl methyl sites for hydroxylation is 2. The molecule has 1 amide bonds. The number of nitrogens with zero attached hydrogens (tertiary/aromatic N) is 3. The quantitative estimate of drug-likeness (QED) is 0.473. The van der Waals surface area contributed by atoms with Crippen molar-refractivity contribution in [2.45, 2.75) is 44.2 Å². The van der Waals surface area contributed by atoms with Crippen LogP contribution in [0.5, 0.6) is 0 Å². The zero-order chi connectivity index (χ0) is 18.1. The number of para-hydroxylation sites is 1.